The van der Waals surface area contributed by atoms with E-state index in [1.54, 1.807) is 7.11 Å². The SMILES string of the molecule is CCC1(C)CNc2ccc(OC)nc2N1. The van der Waals surface area contributed by atoms with Crippen LogP contribution in [0.5, 0.6) is 5.88 Å². The van der Waals surface area contributed by atoms with Crippen LogP contribution >= 0.6 is 0 Å². The molecule has 0 bridgehead atoms. The van der Waals surface area contributed by atoms with Crippen molar-refractivity contribution in [2.75, 3.05) is 24.3 Å². The molecule has 0 fully saturated rings. The maximum absolute atomic E-state index is 5.10. The lowest BCUT2D eigenvalue weighted by molar-refractivity contribution is 0.397. The minimum atomic E-state index is 0.0758. The third kappa shape index (κ3) is 1.84. The van der Waals surface area contributed by atoms with Gasteiger partial charge in [-0.3, -0.25) is 0 Å². The summed E-state index contributed by atoms with van der Waals surface area (Å²) in [5, 5.41) is 6.82. The third-order valence-corrected chi connectivity index (χ3v) is 2.95. The Hall–Kier alpha value is -1.45. The zero-order valence-electron chi connectivity index (χ0n) is 9.42. The molecule has 4 heteroatoms. The number of ether oxygens (including phenoxy) is 1. The third-order valence-electron chi connectivity index (χ3n) is 2.95. The van der Waals surface area contributed by atoms with Gasteiger partial charge < -0.3 is 15.4 Å². The zero-order valence-corrected chi connectivity index (χ0v) is 9.42. The number of aromatic nitrogens is 1. The van der Waals surface area contributed by atoms with Crippen molar-refractivity contribution in [3.05, 3.63) is 12.1 Å². The highest BCUT2D eigenvalue weighted by Crippen LogP contribution is 2.31. The molecule has 1 atom stereocenters. The maximum Gasteiger partial charge on any atom is 0.215 e. The Morgan fingerprint density at radius 2 is 2.33 bits per heavy atom. The van der Waals surface area contributed by atoms with E-state index in [1.165, 1.54) is 0 Å². The van der Waals surface area contributed by atoms with E-state index in [9.17, 15) is 0 Å². The standard InChI is InChI=1S/C11H17N3O/c1-4-11(2)7-12-8-5-6-9(15-3)13-10(8)14-11/h5-6,12H,4,7H2,1-3H3,(H,13,14). The Kier molecular flexibility index (Phi) is 2.42. The van der Waals surface area contributed by atoms with Crippen molar-refractivity contribution >= 4 is 11.5 Å². The van der Waals surface area contributed by atoms with Crippen molar-refractivity contribution in [1.82, 2.24) is 4.98 Å². The minimum absolute atomic E-state index is 0.0758. The smallest absolute Gasteiger partial charge is 0.215 e. The van der Waals surface area contributed by atoms with E-state index in [1.807, 2.05) is 12.1 Å². The summed E-state index contributed by atoms with van der Waals surface area (Å²) in [5.41, 5.74) is 1.12. The van der Waals surface area contributed by atoms with Crippen molar-refractivity contribution in [2.24, 2.45) is 0 Å². The molecule has 0 radical (unpaired) electrons. The monoisotopic (exact) mass is 207 g/mol. The second kappa shape index (κ2) is 3.61. The van der Waals surface area contributed by atoms with Crippen LogP contribution < -0.4 is 15.4 Å². The summed E-state index contributed by atoms with van der Waals surface area (Å²) in [7, 11) is 1.63. The Labute approximate surface area is 90.0 Å². The Bertz CT molecular complexity index is 367. The number of pyridine rings is 1. The van der Waals surface area contributed by atoms with Gasteiger partial charge in [0.25, 0.3) is 0 Å². The molecule has 1 aliphatic rings. The summed E-state index contributed by atoms with van der Waals surface area (Å²) < 4.78 is 5.10. The number of hydrogen-bond donors (Lipinski definition) is 2. The number of fused-ring (bicyclic) bond motifs is 1. The van der Waals surface area contributed by atoms with Crippen molar-refractivity contribution in [3.8, 4) is 5.88 Å². The van der Waals surface area contributed by atoms with E-state index in [-0.39, 0.29) is 5.54 Å². The quantitative estimate of drug-likeness (QED) is 0.779. The number of rotatable bonds is 2. The van der Waals surface area contributed by atoms with Crippen LogP contribution in [0.4, 0.5) is 11.5 Å². The largest absolute Gasteiger partial charge is 0.481 e. The normalized spacial score (nSPS) is 23.7. The van der Waals surface area contributed by atoms with Crippen LogP contribution in [0.2, 0.25) is 0 Å². The molecule has 1 aromatic rings. The molecular weight excluding hydrogens is 190 g/mol. The van der Waals surface area contributed by atoms with Crippen LogP contribution in [-0.4, -0.2) is 24.2 Å². The fourth-order valence-corrected chi connectivity index (χ4v) is 1.63. The van der Waals surface area contributed by atoms with Crippen molar-refractivity contribution in [2.45, 2.75) is 25.8 Å². The highest BCUT2D eigenvalue weighted by atomic mass is 16.5. The van der Waals surface area contributed by atoms with Gasteiger partial charge in [0, 0.05) is 12.6 Å². The number of hydrogen-bond acceptors (Lipinski definition) is 4. The van der Waals surface area contributed by atoms with E-state index in [0.29, 0.717) is 5.88 Å². The van der Waals surface area contributed by atoms with Crippen LogP contribution in [0, 0.1) is 0 Å². The molecular formula is C11H17N3O. The van der Waals surface area contributed by atoms with Gasteiger partial charge in [-0.2, -0.15) is 4.98 Å². The van der Waals surface area contributed by atoms with Gasteiger partial charge in [0.1, 0.15) is 0 Å². The summed E-state index contributed by atoms with van der Waals surface area (Å²) >= 11 is 0. The number of nitrogens with zero attached hydrogens (tertiary/aromatic N) is 1. The lowest BCUT2D eigenvalue weighted by Crippen LogP contribution is -2.44. The van der Waals surface area contributed by atoms with Crippen LogP contribution in [-0.2, 0) is 0 Å². The fourth-order valence-electron chi connectivity index (χ4n) is 1.63. The van der Waals surface area contributed by atoms with Crippen LogP contribution in [0.3, 0.4) is 0 Å². The van der Waals surface area contributed by atoms with Gasteiger partial charge >= 0.3 is 0 Å². The molecule has 2 heterocycles. The fraction of sp³-hybridized carbons (Fsp3) is 0.545. The number of anilines is 2. The maximum atomic E-state index is 5.10. The molecule has 4 nitrogen and oxygen atoms in total. The van der Waals surface area contributed by atoms with Crippen molar-refractivity contribution in [1.29, 1.82) is 0 Å². The van der Waals surface area contributed by atoms with Gasteiger partial charge in [-0.1, -0.05) is 6.92 Å². The highest BCUT2D eigenvalue weighted by Gasteiger charge is 2.27. The first-order chi connectivity index (χ1) is 7.17. The molecule has 0 aliphatic carbocycles. The average Bonchev–Trinajstić information content (AvgIpc) is 2.28. The summed E-state index contributed by atoms with van der Waals surface area (Å²) in [5.74, 6) is 1.52. The van der Waals surface area contributed by atoms with Gasteiger partial charge in [0.05, 0.1) is 18.3 Å². The molecule has 1 aromatic heterocycles. The number of methoxy groups -OCH3 is 1. The highest BCUT2D eigenvalue weighted by molar-refractivity contribution is 5.68. The van der Waals surface area contributed by atoms with Gasteiger partial charge in [-0.15, -0.1) is 0 Å². The molecule has 2 rings (SSSR count). The second-order valence-electron chi connectivity index (χ2n) is 4.14. The van der Waals surface area contributed by atoms with Crippen molar-refractivity contribution < 1.29 is 4.74 Å². The molecule has 2 N–H and O–H groups in total. The first kappa shape index (κ1) is 10.1. The summed E-state index contributed by atoms with van der Waals surface area (Å²) in [6, 6.07) is 3.85. The predicted octanol–water partition coefficient (Wildman–Crippen LogP) is 2.10. The minimum Gasteiger partial charge on any atom is -0.481 e. The van der Waals surface area contributed by atoms with Gasteiger partial charge in [0.2, 0.25) is 5.88 Å². The average molecular weight is 207 g/mol. The Morgan fingerprint density at radius 1 is 1.53 bits per heavy atom. The Balaban J connectivity index is 2.31. The lowest BCUT2D eigenvalue weighted by Gasteiger charge is -2.36. The van der Waals surface area contributed by atoms with E-state index >= 15 is 0 Å². The Morgan fingerprint density at radius 3 is 3.00 bits per heavy atom. The van der Waals surface area contributed by atoms with Crippen molar-refractivity contribution in [3.63, 3.8) is 0 Å². The molecule has 0 amide bonds. The van der Waals surface area contributed by atoms with E-state index < -0.39 is 0 Å². The zero-order chi connectivity index (χ0) is 10.9. The molecule has 1 unspecified atom stereocenters. The van der Waals surface area contributed by atoms with E-state index in [2.05, 4.69) is 29.5 Å². The first-order valence-electron chi connectivity index (χ1n) is 5.24. The summed E-state index contributed by atoms with van der Waals surface area (Å²) in [4.78, 5) is 4.38. The van der Waals surface area contributed by atoms with Gasteiger partial charge in [-0.25, -0.2) is 0 Å². The molecule has 1 aliphatic heterocycles. The lowest BCUT2D eigenvalue weighted by atomic mass is 9.97. The summed E-state index contributed by atoms with van der Waals surface area (Å²) in [6.07, 6.45) is 1.05. The van der Waals surface area contributed by atoms with Gasteiger partial charge in [-0.05, 0) is 19.4 Å². The molecule has 15 heavy (non-hydrogen) atoms. The topological polar surface area (TPSA) is 46.2 Å². The first-order valence-corrected chi connectivity index (χ1v) is 5.24. The van der Waals surface area contributed by atoms with Gasteiger partial charge in [0.15, 0.2) is 5.82 Å². The van der Waals surface area contributed by atoms with Crippen LogP contribution in [0.25, 0.3) is 0 Å². The molecule has 0 saturated carbocycles. The number of nitrogens with one attached hydrogen (secondary N) is 2. The molecule has 82 valence electrons. The molecule has 0 spiro atoms. The van der Waals surface area contributed by atoms with E-state index in [4.69, 9.17) is 4.74 Å². The second-order valence-corrected chi connectivity index (χ2v) is 4.14. The molecule has 0 saturated heterocycles. The predicted molar refractivity (Wildman–Crippen MR) is 61.6 cm³/mol. The molecule has 0 aromatic carbocycles. The van der Waals surface area contributed by atoms with Crippen LogP contribution in [0.1, 0.15) is 20.3 Å². The van der Waals surface area contributed by atoms with Crippen LogP contribution in [0.15, 0.2) is 12.1 Å². The van der Waals surface area contributed by atoms with E-state index in [0.717, 1.165) is 24.5 Å². The summed E-state index contributed by atoms with van der Waals surface area (Å²) in [6.45, 7) is 5.27.